The van der Waals surface area contributed by atoms with Gasteiger partial charge < -0.3 is 10.2 Å². The summed E-state index contributed by atoms with van der Waals surface area (Å²) in [4.78, 5) is 30.6. The molecule has 0 aromatic heterocycles. The van der Waals surface area contributed by atoms with Crippen LogP contribution in [0.25, 0.3) is 0 Å². The lowest BCUT2D eigenvalue weighted by Crippen LogP contribution is -2.57. The molecule has 2 fully saturated rings. The Hall–Kier alpha value is -2.73. The van der Waals surface area contributed by atoms with E-state index in [1.165, 1.54) is 17.7 Å². The normalized spacial score (nSPS) is 18.5. The van der Waals surface area contributed by atoms with E-state index in [1.807, 2.05) is 35.2 Å². The topological polar surface area (TPSA) is 52.7 Å². The Bertz CT molecular complexity index is 1020. The summed E-state index contributed by atoms with van der Waals surface area (Å²) < 4.78 is 13.5. The summed E-state index contributed by atoms with van der Waals surface area (Å²) in [5.74, 6) is 0.101. The third kappa shape index (κ3) is 6.29. The molecule has 0 unspecified atom stereocenters. The quantitative estimate of drug-likeness (QED) is 0.650. The highest BCUT2D eigenvalue weighted by Gasteiger charge is 2.37. The summed E-state index contributed by atoms with van der Waals surface area (Å²) in [7, 11) is 0. The zero-order chi connectivity index (χ0) is 25.0. The average Bonchev–Trinajstić information content (AvgIpc) is 3.37. The van der Waals surface area contributed by atoms with Crippen molar-refractivity contribution < 1.29 is 14.0 Å². The van der Waals surface area contributed by atoms with Gasteiger partial charge in [0.25, 0.3) is 5.91 Å². The molecule has 5 nitrogen and oxygen atoms in total. The second kappa shape index (κ2) is 10.9. The SMILES string of the molecule is CC(C)(C)c1ccc(C(=O)N2CCN([C@H](C(=O)NCc3cccc(F)c3)C3CCCC3)CC2)cc1. The highest BCUT2D eigenvalue weighted by atomic mass is 19.1. The van der Waals surface area contributed by atoms with Crippen LogP contribution in [0.4, 0.5) is 4.39 Å². The van der Waals surface area contributed by atoms with Crippen LogP contribution in [0.2, 0.25) is 0 Å². The Balaban J connectivity index is 1.38. The Morgan fingerprint density at radius 2 is 1.66 bits per heavy atom. The minimum Gasteiger partial charge on any atom is -0.351 e. The van der Waals surface area contributed by atoms with Crippen LogP contribution in [-0.4, -0.2) is 53.8 Å². The minimum atomic E-state index is -0.294. The zero-order valence-electron chi connectivity index (χ0n) is 21.2. The van der Waals surface area contributed by atoms with E-state index in [0.717, 1.165) is 31.2 Å². The molecular formula is C29H38FN3O2. The van der Waals surface area contributed by atoms with Crippen molar-refractivity contribution in [2.45, 2.75) is 64.5 Å². The first-order valence-corrected chi connectivity index (χ1v) is 12.9. The van der Waals surface area contributed by atoms with Crippen LogP contribution in [0.15, 0.2) is 48.5 Å². The van der Waals surface area contributed by atoms with Gasteiger partial charge in [-0.1, -0.05) is 57.9 Å². The van der Waals surface area contributed by atoms with Gasteiger partial charge >= 0.3 is 0 Å². The molecule has 1 aliphatic heterocycles. The summed E-state index contributed by atoms with van der Waals surface area (Å²) in [6.45, 7) is 9.40. The number of carbonyl (C=O) groups is 2. The summed E-state index contributed by atoms with van der Waals surface area (Å²) in [5, 5.41) is 3.05. The van der Waals surface area contributed by atoms with E-state index < -0.39 is 0 Å². The number of hydrogen-bond acceptors (Lipinski definition) is 3. The molecule has 1 saturated carbocycles. The number of hydrogen-bond donors (Lipinski definition) is 1. The minimum absolute atomic E-state index is 0.0127. The maximum Gasteiger partial charge on any atom is 0.253 e. The van der Waals surface area contributed by atoms with Crippen LogP contribution in [-0.2, 0) is 16.8 Å². The lowest BCUT2D eigenvalue weighted by Gasteiger charge is -2.40. The van der Waals surface area contributed by atoms with E-state index in [2.05, 4.69) is 31.0 Å². The van der Waals surface area contributed by atoms with Crippen molar-refractivity contribution in [2.24, 2.45) is 5.92 Å². The summed E-state index contributed by atoms with van der Waals surface area (Å²) in [5.41, 5.74) is 2.74. The molecule has 2 aromatic rings. The summed E-state index contributed by atoms with van der Waals surface area (Å²) >= 11 is 0. The Labute approximate surface area is 208 Å². The number of nitrogens with zero attached hydrogens (tertiary/aromatic N) is 2. The van der Waals surface area contributed by atoms with Crippen LogP contribution in [0.5, 0.6) is 0 Å². The van der Waals surface area contributed by atoms with Gasteiger partial charge in [0.1, 0.15) is 5.82 Å². The van der Waals surface area contributed by atoms with Crippen molar-refractivity contribution in [1.82, 2.24) is 15.1 Å². The Kier molecular flexibility index (Phi) is 7.90. The molecule has 0 spiro atoms. The number of carbonyl (C=O) groups excluding carboxylic acids is 2. The van der Waals surface area contributed by atoms with Crippen molar-refractivity contribution in [3.8, 4) is 0 Å². The second-order valence-electron chi connectivity index (χ2n) is 11.0. The molecule has 2 aliphatic rings. The van der Waals surface area contributed by atoms with Gasteiger partial charge in [0, 0.05) is 38.3 Å². The molecule has 1 saturated heterocycles. The summed E-state index contributed by atoms with van der Waals surface area (Å²) in [6, 6.07) is 14.1. The van der Waals surface area contributed by atoms with Crippen LogP contribution in [0.3, 0.4) is 0 Å². The molecule has 0 radical (unpaired) electrons. The standard InChI is InChI=1S/C29H38FN3O2/c1-29(2,3)24-13-11-23(12-14-24)28(35)33-17-15-32(16-18-33)26(22-8-4-5-9-22)27(34)31-20-21-7-6-10-25(30)19-21/h6-7,10-14,19,22,26H,4-5,8-9,15-18,20H2,1-3H3,(H,31,34)/t26-/m0/s1. The first-order valence-electron chi connectivity index (χ1n) is 12.9. The molecule has 1 heterocycles. The fourth-order valence-electron chi connectivity index (χ4n) is 5.39. The molecule has 1 N–H and O–H groups in total. The lowest BCUT2D eigenvalue weighted by molar-refractivity contribution is -0.129. The van der Waals surface area contributed by atoms with Crippen molar-refractivity contribution >= 4 is 11.8 Å². The largest absolute Gasteiger partial charge is 0.351 e. The van der Waals surface area contributed by atoms with Crippen LogP contribution in [0.1, 0.15) is 67.9 Å². The third-order valence-electron chi connectivity index (χ3n) is 7.46. The van der Waals surface area contributed by atoms with Gasteiger partial charge in [-0.25, -0.2) is 4.39 Å². The van der Waals surface area contributed by atoms with E-state index >= 15 is 0 Å². The van der Waals surface area contributed by atoms with Crippen LogP contribution >= 0.6 is 0 Å². The monoisotopic (exact) mass is 479 g/mol. The van der Waals surface area contributed by atoms with Gasteiger partial charge in [0.2, 0.25) is 5.91 Å². The Morgan fingerprint density at radius 3 is 2.26 bits per heavy atom. The molecule has 1 atom stereocenters. The van der Waals surface area contributed by atoms with E-state index in [4.69, 9.17) is 0 Å². The predicted octanol–water partition coefficient (Wildman–Crippen LogP) is 4.76. The lowest BCUT2D eigenvalue weighted by atomic mass is 9.86. The molecule has 1 aliphatic carbocycles. The molecule has 2 aromatic carbocycles. The maximum absolute atomic E-state index is 13.5. The fourth-order valence-corrected chi connectivity index (χ4v) is 5.39. The van der Waals surface area contributed by atoms with Gasteiger partial charge in [-0.3, -0.25) is 14.5 Å². The maximum atomic E-state index is 13.5. The van der Waals surface area contributed by atoms with Crippen molar-refractivity contribution in [3.63, 3.8) is 0 Å². The third-order valence-corrected chi connectivity index (χ3v) is 7.46. The highest BCUT2D eigenvalue weighted by Crippen LogP contribution is 2.31. The molecule has 4 rings (SSSR count). The van der Waals surface area contributed by atoms with Crippen molar-refractivity contribution in [3.05, 3.63) is 71.0 Å². The smallest absolute Gasteiger partial charge is 0.253 e. The second-order valence-corrected chi connectivity index (χ2v) is 11.0. The van der Waals surface area contributed by atoms with E-state index in [1.54, 1.807) is 6.07 Å². The number of rotatable bonds is 6. The van der Waals surface area contributed by atoms with Crippen molar-refractivity contribution in [2.75, 3.05) is 26.2 Å². The van der Waals surface area contributed by atoms with Gasteiger partial charge in [-0.05, 0) is 59.6 Å². The Morgan fingerprint density at radius 1 is 1.00 bits per heavy atom. The zero-order valence-corrected chi connectivity index (χ0v) is 21.2. The number of amides is 2. The highest BCUT2D eigenvalue weighted by molar-refractivity contribution is 5.94. The molecule has 35 heavy (non-hydrogen) atoms. The first kappa shape index (κ1) is 25.4. The average molecular weight is 480 g/mol. The number of benzene rings is 2. The van der Waals surface area contributed by atoms with Crippen LogP contribution in [0, 0.1) is 11.7 Å². The molecular weight excluding hydrogens is 441 g/mol. The first-order chi connectivity index (χ1) is 16.7. The fraction of sp³-hybridized carbons (Fsp3) is 0.517. The van der Waals surface area contributed by atoms with Gasteiger partial charge in [0.05, 0.1) is 6.04 Å². The van der Waals surface area contributed by atoms with Gasteiger partial charge in [0.15, 0.2) is 0 Å². The molecule has 188 valence electrons. The van der Waals surface area contributed by atoms with E-state index in [0.29, 0.717) is 44.2 Å². The van der Waals surface area contributed by atoms with E-state index in [9.17, 15) is 14.0 Å². The van der Waals surface area contributed by atoms with Gasteiger partial charge in [-0.15, -0.1) is 0 Å². The molecule has 2 amide bonds. The van der Waals surface area contributed by atoms with E-state index in [-0.39, 0.29) is 29.1 Å². The van der Waals surface area contributed by atoms with Crippen molar-refractivity contribution in [1.29, 1.82) is 0 Å². The summed E-state index contributed by atoms with van der Waals surface area (Å²) in [6.07, 6.45) is 4.41. The number of halogens is 1. The number of nitrogens with one attached hydrogen (secondary N) is 1. The number of piperazine rings is 1. The molecule has 6 heteroatoms. The van der Waals surface area contributed by atoms with Gasteiger partial charge in [-0.2, -0.15) is 0 Å². The molecule has 0 bridgehead atoms. The predicted molar refractivity (Wildman–Crippen MR) is 137 cm³/mol. The van der Waals surface area contributed by atoms with Crippen LogP contribution < -0.4 is 5.32 Å².